The van der Waals surface area contributed by atoms with Crippen molar-refractivity contribution in [1.82, 2.24) is 14.9 Å². The van der Waals surface area contributed by atoms with E-state index in [2.05, 4.69) is 39.3 Å². The van der Waals surface area contributed by atoms with E-state index < -0.39 is 0 Å². The molecular weight excluding hydrogens is 319 g/mol. The fourth-order valence-electron chi connectivity index (χ4n) is 2.56. The Morgan fingerprint density at radius 3 is 2.72 bits per heavy atom. The minimum atomic E-state index is -0.326. The van der Waals surface area contributed by atoms with Crippen molar-refractivity contribution in [2.75, 3.05) is 32.5 Å². The summed E-state index contributed by atoms with van der Waals surface area (Å²) in [6.45, 7) is 3.64. The summed E-state index contributed by atoms with van der Waals surface area (Å²) in [7, 11) is 4.17. The first-order valence-electron chi connectivity index (χ1n) is 8.61. The molecule has 6 nitrogen and oxygen atoms in total. The zero-order valence-electron chi connectivity index (χ0n) is 15.2. The molecule has 1 aromatic carbocycles. The Balaban J connectivity index is 1.85. The van der Waals surface area contributed by atoms with Crippen LogP contribution in [0.4, 0.5) is 10.3 Å². The van der Waals surface area contributed by atoms with E-state index in [4.69, 9.17) is 5.73 Å². The van der Waals surface area contributed by atoms with Crippen molar-refractivity contribution in [2.24, 2.45) is 10.7 Å². The smallest absolute Gasteiger partial charge is 0.230 e. The summed E-state index contributed by atoms with van der Waals surface area (Å²) in [5.41, 5.74) is 7.20. The van der Waals surface area contributed by atoms with Gasteiger partial charge in [0.2, 0.25) is 5.95 Å². The second-order valence-corrected chi connectivity index (χ2v) is 6.40. The van der Waals surface area contributed by atoms with E-state index in [-0.39, 0.29) is 11.8 Å². The molecular formula is C18H27FN6. The number of hydrogen-bond donors (Lipinski definition) is 2. The number of hydrogen-bond acceptors (Lipinski definition) is 4. The molecule has 0 radical (unpaired) electrons. The Morgan fingerprint density at radius 1 is 1.20 bits per heavy atom. The highest BCUT2D eigenvalue weighted by Gasteiger charge is 2.06. The molecule has 3 N–H and O–H groups in total. The number of guanidine groups is 1. The third-order valence-corrected chi connectivity index (χ3v) is 3.88. The minimum Gasteiger partial charge on any atom is -0.370 e. The molecule has 0 saturated heterocycles. The molecule has 1 aromatic heterocycles. The maximum absolute atomic E-state index is 13.4. The number of anilines is 1. The summed E-state index contributed by atoms with van der Waals surface area (Å²) in [5, 5.41) is 3.71. The lowest BCUT2D eigenvalue weighted by Gasteiger charge is -2.08. The predicted molar refractivity (Wildman–Crippen MR) is 101 cm³/mol. The molecule has 25 heavy (non-hydrogen) atoms. The lowest BCUT2D eigenvalue weighted by Crippen LogP contribution is -2.24. The van der Waals surface area contributed by atoms with Crippen LogP contribution in [0.2, 0.25) is 0 Å². The maximum Gasteiger partial charge on any atom is 0.230 e. The third-order valence-electron chi connectivity index (χ3n) is 3.88. The van der Waals surface area contributed by atoms with E-state index >= 15 is 0 Å². The Bertz CT molecular complexity index is 729. The molecule has 0 bridgehead atoms. The molecule has 0 atom stereocenters. The van der Waals surface area contributed by atoms with Gasteiger partial charge in [0.25, 0.3) is 0 Å². The van der Waals surface area contributed by atoms with Crippen LogP contribution in [0, 0.1) is 12.7 Å². The van der Waals surface area contributed by atoms with Crippen molar-refractivity contribution in [3.05, 3.63) is 29.7 Å². The second kappa shape index (κ2) is 9.27. The van der Waals surface area contributed by atoms with Crippen LogP contribution in [0.15, 0.2) is 23.2 Å². The number of halogens is 1. The van der Waals surface area contributed by atoms with Gasteiger partial charge in [0.05, 0.1) is 11.2 Å². The van der Waals surface area contributed by atoms with Crippen LogP contribution in [0.25, 0.3) is 10.9 Å². The number of nitrogens with one attached hydrogen (secondary N) is 1. The van der Waals surface area contributed by atoms with Crippen molar-refractivity contribution in [3.63, 3.8) is 0 Å². The predicted octanol–water partition coefficient (Wildman–Crippen LogP) is 2.93. The average Bonchev–Trinajstić information content (AvgIpc) is 2.53. The van der Waals surface area contributed by atoms with E-state index in [1.807, 2.05) is 6.92 Å². The van der Waals surface area contributed by atoms with Crippen LogP contribution in [0.1, 0.15) is 31.4 Å². The normalized spacial score (nSPS) is 12.1. The first-order chi connectivity index (χ1) is 12.0. The van der Waals surface area contributed by atoms with Crippen molar-refractivity contribution in [3.8, 4) is 0 Å². The lowest BCUT2D eigenvalue weighted by molar-refractivity contribution is 0.390. The zero-order valence-corrected chi connectivity index (χ0v) is 15.2. The molecule has 0 unspecified atom stereocenters. The lowest BCUT2D eigenvalue weighted by atomic mass is 10.2. The molecule has 1 heterocycles. The van der Waals surface area contributed by atoms with E-state index in [1.54, 1.807) is 6.07 Å². The quantitative estimate of drug-likeness (QED) is 0.436. The Labute approximate surface area is 148 Å². The van der Waals surface area contributed by atoms with Gasteiger partial charge in [0, 0.05) is 18.0 Å². The van der Waals surface area contributed by atoms with Gasteiger partial charge in [0.15, 0.2) is 5.96 Å². The minimum absolute atomic E-state index is 0.281. The van der Waals surface area contributed by atoms with Gasteiger partial charge >= 0.3 is 0 Å². The van der Waals surface area contributed by atoms with Gasteiger partial charge in [-0.05, 0) is 52.5 Å². The summed E-state index contributed by atoms with van der Waals surface area (Å²) in [6.07, 6.45) is 4.53. The Hall–Kier alpha value is -2.28. The number of fused-ring (bicyclic) bond motifs is 1. The topological polar surface area (TPSA) is 79.4 Å². The first-order valence-corrected chi connectivity index (χ1v) is 8.61. The van der Waals surface area contributed by atoms with E-state index in [0.29, 0.717) is 18.0 Å². The molecule has 2 rings (SSSR count). The maximum atomic E-state index is 13.4. The van der Waals surface area contributed by atoms with Gasteiger partial charge in [-0.15, -0.1) is 0 Å². The van der Waals surface area contributed by atoms with Crippen LogP contribution < -0.4 is 11.1 Å². The highest BCUT2D eigenvalue weighted by atomic mass is 19.1. The van der Waals surface area contributed by atoms with Gasteiger partial charge in [-0.1, -0.05) is 12.8 Å². The van der Waals surface area contributed by atoms with Crippen molar-refractivity contribution in [1.29, 1.82) is 0 Å². The standard InChI is InChI=1S/C18H27FN6/c1-13-15-9-8-14(19)12-16(15)23-18(22-13)24-17(20)21-10-6-4-5-7-11-25(2)3/h8-9,12H,4-7,10-11H2,1-3H3,(H3,20,21,22,23,24). The number of aromatic nitrogens is 2. The van der Waals surface area contributed by atoms with Crippen molar-refractivity contribution < 1.29 is 4.39 Å². The van der Waals surface area contributed by atoms with Crippen LogP contribution >= 0.6 is 0 Å². The van der Waals surface area contributed by atoms with E-state index in [0.717, 1.165) is 30.5 Å². The fraction of sp³-hybridized carbons (Fsp3) is 0.500. The van der Waals surface area contributed by atoms with Crippen LogP contribution in [-0.4, -0.2) is 48.0 Å². The van der Waals surface area contributed by atoms with Crippen molar-refractivity contribution in [2.45, 2.75) is 32.6 Å². The molecule has 0 aliphatic rings. The van der Waals surface area contributed by atoms with Gasteiger partial charge in [-0.3, -0.25) is 10.3 Å². The Morgan fingerprint density at radius 2 is 1.96 bits per heavy atom. The zero-order chi connectivity index (χ0) is 18.2. The molecule has 2 aromatic rings. The molecule has 7 heteroatoms. The molecule has 0 aliphatic heterocycles. The van der Waals surface area contributed by atoms with Crippen LogP contribution in [0.3, 0.4) is 0 Å². The number of nitrogens with two attached hydrogens (primary N) is 1. The first kappa shape index (κ1) is 19.1. The molecule has 0 saturated carbocycles. The van der Waals surface area contributed by atoms with E-state index in [9.17, 15) is 4.39 Å². The monoisotopic (exact) mass is 346 g/mol. The number of benzene rings is 1. The van der Waals surface area contributed by atoms with Gasteiger partial charge in [0.1, 0.15) is 5.82 Å². The summed E-state index contributed by atoms with van der Waals surface area (Å²) < 4.78 is 13.4. The van der Waals surface area contributed by atoms with E-state index in [1.165, 1.54) is 25.0 Å². The fourth-order valence-corrected chi connectivity index (χ4v) is 2.56. The van der Waals surface area contributed by atoms with Crippen LogP contribution in [0.5, 0.6) is 0 Å². The number of unbranched alkanes of at least 4 members (excludes halogenated alkanes) is 3. The van der Waals surface area contributed by atoms with Crippen molar-refractivity contribution >= 4 is 22.8 Å². The van der Waals surface area contributed by atoms with Gasteiger partial charge in [-0.2, -0.15) is 0 Å². The van der Waals surface area contributed by atoms with Crippen LogP contribution in [-0.2, 0) is 0 Å². The summed E-state index contributed by atoms with van der Waals surface area (Å²) in [6, 6.07) is 4.47. The molecule has 0 fully saturated rings. The number of nitrogens with zero attached hydrogens (tertiary/aromatic N) is 4. The molecule has 0 amide bonds. The highest BCUT2D eigenvalue weighted by molar-refractivity contribution is 5.92. The largest absolute Gasteiger partial charge is 0.370 e. The second-order valence-electron chi connectivity index (χ2n) is 6.40. The summed E-state index contributed by atoms with van der Waals surface area (Å²) in [4.78, 5) is 15.1. The van der Waals surface area contributed by atoms with Gasteiger partial charge in [-0.25, -0.2) is 14.4 Å². The SMILES string of the molecule is Cc1nc(NC(N)=NCCCCCCN(C)C)nc2cc(F)ccc12. The summed E-state index contributed by atoms with van der Waals surface area (Å²) in [5.74, 6) is 0.290. The molecule has 0 aliphatic carbocycles. The number of rotatable bonds is 8. The number of aryl methyl sites for hydroxylation is 1. The van der Waals surface area contributed by atoms with Gasteiger partial charge < -0.3 is 10.6 Å². The molecule has 0 spiro atoms. The summed E-state index contributed by atoms with van der Waals surface area (Å²) >= 11 is 0. The molecule has 136 valence electrons. The average molecular weight is 346 g/mol. The Kier molecular flexibility index (Phi) is 7.06. The number of aliphatic imine (C=N–C) groups is 1. The third kappa shape index (κ3) is 6.26. The highest BCUT2D eigenvalue weighted by Crippen LogP contribution is 2.18.